The molecule has 2 aliphatic rings. The highest BCUT2D eigenvalue weighted by Gasteiger charge is 2.35. The van der Waals surface area contributed by atoms with Crippen molar-refractivity contribution in [3.05, 3.63) is 35.5 Å². The van der Waals surface area contributed by atoms with Gasteiger partial charge in [0.05, 0.1) is 0 Å². The van der Waals surface area contributed by atoms with Crippen molar-refractivity contribution in [3.63, 3.8) is 0 Å². The molecule has 0 saturated heterocycles. The molecule has 2 rings (SSSR count). The van der Waals surface area contributed by atoms with Crippen LogP contribution >= 0.6 is 0 Å². The number of hydrogen-bond donors (Lipinski definition) is 0. The molecule has 0 radical (unpaired) electrons. The fourth-order valence-corrected chi connectivity index (χ4v) is 3.12. The first-order chi connectivity index (χ1) is 7.69. The van der Waals surface area contributed by atoms with Gasteiger partial charge in [-0.2, -0.15) is 0 Å². The summed E-state index contributed by atoms with van der Waals surface area (Å²) in [6.07, 6.45) is 15.0. The first kappa shape index (κ1) is 11.7. The second kappa shape index (κ2) is 5.03. The van der Waals surface area contributed by atoms with Gasteiger partial charge in [-0.05, 0) is 64.2 Å². The largest absolute Gasteiger partial charge is 0.0881 e. The third-order valence-corrected chi connectivity index (χ3v) is 4.12. The van der Waals surface area contributed by atoms with Gasteiger partial charge in [-0.1, -0.05) is 35.5 Å². The molecule has 88 valence electrons. The first-order valence-electron chi connectivity index (χ1n) is 6.64. The molecule has 0 aromatic heterocycles. The Labute approximate surface area is 100 Å². The van der Waals surface area contributed by atoms with Gasteiger partial charge in [0.15, 0.2) is 0 Å². The molecule has 0 aromatic carbocycles. The van der Waals surface area contributed by atoms with Crippen LogP contribution in [0.25, 0.3) is 0 Å². The Morgan fingerprint density at radius 3 is 2.56 bits per heavy atom. The van der Waals surface area contributed by atoms with Crippen LogP contribution in [0.4, 0.5) is 0 Å². The van der Waals surface area contributed by atoms with Crippen molar-refractivity contribution in [2.24, 2.45) is 17.8 Å². The molecule has 0 heteroatoms. The molecular formula is C16H24. The van der Waals surface area contributed by atoms with Gasteiger partial charge in [0.2, 0.25) is 0 Å². The van der Waals surface area contributed by atoms with E-state index in [1.165, 1.54) is 24.8 Å². The lowest BCUT2D eigenvalue weighted by Gasteiger charge is -2.19. The lowest BCUT2D eigenvalue weighted by molar-refractivity contribution is 0.441. The highest BCUT2D eigenvalue weighted by molar-refractivity contribution is 5.15. The van der Waals surface area contributed by atoms with E-state index in [0.717, 1.165) is 24.2 Å². The van der Waals surface area contributed by atoms with Crippen LogP contribution in [0.3, 0.4) is 0 Å². The number of fused-ring (bicyclic) bond motifs is 2. The van der Waals surface area contributed by atoms with Crippen LogP contribution in [0, 0.1) is 17.8 Å². The Kier molecular flexibility index (Phi) is 3.68. The predicted octanol–water partition coefficient (Wildman–Crippen LogP) is 4.89. The maximum Gasteiger partial charge on any atom is -0.0136 e. The zero-order valence-electron chi connectivity index (χ0n) is 10.9. The lowest BCUT2D eigenvalue weighted by Crippen LogP contribution is -2.07. The second-order valence-electron chi connectivity index (χ2n) is 5.68. The third-order valence-electron chi connectivity index (χ3n) is 4.12. The maximum absolute atomic E-state index is 2.47. The Hall–Kier alpha value is -0.780. The van der Waals surface area contributed by atoms with Crippen molar-refractivity contribution >= 4 is 0 Å². The summed E-state index contributed by atoms with van der Waals surface area (Å²) in [5, 5.41) is 0. The summed E-state index contributed by atoms with van der Waals surface area (Å²) in [4.78, 5) is 0. The first-order valence-corrected chi connectivity index (χ1v) is 6.64. The number of hydrogen-bond acceptors (Lipinski definition) is 0. The van der Waals surface area contributed by atoms with E-state index in [1.807, 2.05) is 0 Å². The van der Waals surface area contributed by atoms with Crippen LogP contribution in [0.1, 0.15) is 46.5 Å². The van der Waals surface area contributed by atoms with Crippen LogP contribution in [0.15, 0.2) is 35.5 Å². The minimum absolute atomic E-state index is 0.895. The Balaban J connectivity index is 1.88. The minimum Gasteiger partial charge on any atom is -0.0881 e. The Morgan fingerprint density at radius 2 is 2.06 bits per heavy atom. The molecule has 0 heterocycles. The van der Waals surface area contributed by atoms with Crippen molar-refractivity contribution < 1.29 is 0 Å². The second-order valence-corrected chi connectivity index (χ2v) is 5.68. The molecule has 16 heavy (non-hydrogen) atoms. The van der Waals surface area contributed by atoms with Crippen LogP contribution in [-0.2, 0) is 0 Å². The lowest BCUT2D eigenvalue weighted by atomic mass is 9.86. The summed E-state index contributed by atoms with van der Waals surface area (Å²) < 4.78 is 0. The summed E-state index contributed by atoms with van der Waals surface area (Å²) in [7, 11) is 0. The smallest absolute Gasteiger partial charge is 0.0136 e. The van der Waals surface area contributed by atoms with E-state index in [9.17, 15) is 0 Å². The summed E-state index contributed by atoms with van der Waals surface area (Å²) in [5.41, 5.74) is 3.07. The fraction of sp³-hybridized carbons (Fsp3) is 0.625. The third kappa shape index (κ3) is 2.66. The highest BCUT2D eigenvalue weighted by Crippen LogP contribution is 2.46. The van der Waals surface area contributed by atoms with E-state index in [2.05, 4.69) is 45.1 Å². The summed E-state index contributed by atoms with van der Waals surface area (Å²) in [5.74, 6) is 2.75. The van der Waals surface area contributed by atoms with Crippen LogP contribution in [0.2, 0.25) is 0 Å². The van der Waals surface area contributed by atoms with Gasteiger partial charge in [-0.25, -0.2) is 0 Å². The zero-order chi connectivity index (χ0) is 11.5. The molecule has 1 fully saturated rings. The van der Waals surface area contributed by atoms with Crippen molar-refractivity contribution in [1.29, 1.82) is 0 Å². The summed E-state index contributed by atoms with van der Waals surface area (Å²) in [6.45, 7) is 6.57. The average molecular weight is 216 g/mol. The molecule has 0 spiro atoms. The molecule has 0 N–H and O–H groups in total. The fourth-order valence-electron chi connectivity index (χ4n) is 3.12. The van der Waals surface area contributed by atoms with Crippen LogP contribution in [0.5, 0.6) is 0 Å². The van der Waals surface area contributed by atoms with Gasteiger partial charge in [0.1, 0.15) is 0 Å². The van der Waals surface area contributed by atoms with Gasteiger partial charge >= 0.3 is 0 Å². The van der Waals surface area contributed by atoms with E-state index in [-0.39, 0.29) is 0 Å². The van der Waals surface area contributed by atoms with E-state index < -0.39 is 0 Å². The van der Waals surface area contributed by atoms with Gasteiger partial charge in [0.25, 0.3) is 0 Å². The molecule has 2 aliphatic carbocycles. The van der Waals surface area contributed by atoms with Gasteiger partial charge < -0.3 is 0 Å². The van der Waals surface area contributed by atoms with Crippen molar-refractivity contribution in [2.45, 2.75) is 46.5 Å². The van der Waals surface area contributed by atoms with E-state index >= 15 is 0 Å². The Bertz CT molecular complexity index is 326. The molecule has 1 saturated carbocycles. The van der Waals surface area contributed by atoms with E-state index in [0.29, 0.717) is 0 Å². The molecule has 0 amide bonds. The normalized spacial score (nSPS) is 32.2. The van der Waals surface area contributed by atoms with Crippen molar-refractivity contribution in [2.75, 3.05) is 0 Å². The van der Waals surface area contributed by atoms with Crippen molar-refractivity contribution in [1.82, 2.24) is 0 Å². The molecule has 0 aromatic rings. The maximum atomic E-state index is 2.47. The summed E-state index contributed by atoms with van der Waals surface area (Å²) in [6, 6.07) is 0. The molecule has 0 aliphatic heterocycles. The van der Waals surface area contributed by atoms with Crippen LogP contribution in [-0.4, -0.2) is 0 Å². The standard InChI is InChI=1S/C16H24/c1-4-13(6-5-12(2)3)9-16-11-14-7-8-15(16)10-14/h4-5,7-8,14-16H,6,9-11H2,1-3H3/b13-4+. The summed E-state index contributed by atoms with van der Waals surface area (Å²) >= 11 is 0. The molecule has 2 bridgehead atoms. The SMILES string of the molecule is C/C=C(\CC=C(C)C)CC1CC2C=CC1C2. The molecule has 3 atom stereocenters. The minimum atomic E-state index is 0.895. The molecule has 0 nitrogen and oxygen atoms in total. The van der Waals surface area contributed by atoms with Gasteiger partial charge in [-0.3, -0.25) is 0 Å². The quantitative estimate of drug-likeness (QED) is 0.587. The monoisotopic (exact) mass is 216 g/mol. The predicted molar refractivity (Wildman–Crippen MR) is 71.3 cm³/mol. The molecular weight excluding hydrogens is 192 g/mol. The topological polar surface area (TPSA) is 0 Å². The van der Waals surface area contributed by atoms with Crippen LogP contribution < -0.4 is 0 Å². The Morgan fingerprint density at radius 1 is 1.25 bits per heavy atom. The number of allylic oxidation sites excluding steroid dienone is 6. The number of rotatable bonds is 4. The van der Waals surface area contributed by atoms with Crippen molar-refractivity contribution in [3.8, 4) is 0 Å². The van der Waals surface area contributed by atoms with Gasteiger partial charge in [-0.15, -0.1) is 0 Å². The highest BCUT2D eigenvalue weighted by atomic mass is 14.4. The van der Waals surface area contributed by atoms with Gasteiger partial charge in [0, 0.05) is 0 Å². The van der Waals surface area contributed by atoms with E-state index in [1.54, 1.807) is 5.57 Å². The zero-order valence-corrected chi connectivity index (χ0v) is 10.9. The van der Waals surface area contributed by atoms with E-state index in [4.69, 9.17) is 0 Å². The molecule has 3 unspecified atom stereocenters. The average Bonchev–Trinajstić information content (AvgIpc) is 2.85.